The number of carbonyl (C=O) groups is 1. The average molecular weight is 544 g/mol. The number of benzene rings is 2. The fraction of sp³-hybridized carbons (Fsp3) is 0.276. The maximum Gasteiger partial charge on any atom is 0.247 e. The number of anilines is 3. The number of rotatable bonds is 11. The molecule has 0 saturated carbocycles. The molecule has 3 heterocycles. The Hall–Kier alpha value is -3.83. The molecule has 0 unspecified atom stereocenters. The summed E-state index contributed by atoms with van der Waals surface area (Å²) in [5.41, 5.74) is 7.03. The third kappa shape index (κ3) is 7.18. The fourth-order valence-electron chi connectivity index (χ4n) is 4.43. The van der Waals surface area contributed by atoms with Crippen LogP contribution in [-0.2, 0) is 11.2 Å². The number of nitrogens with one attached hydrogen (secondary N) is 3. The molecule has 5 rings (SSSR count). The van der Waals surface area contributed by atoms with Gasteiger partial charge in [0.1, 0.15) is 10.4 Å². The van der Waals surface area contributed by atoms with E-state index in [1.807, 2.05) is 23.6 Å². The minimum absolute atomic E-state index is 0.282. The number of fused-ring (bicyclic) bond motifs is 1. The van der Waals surface area contributed by atoms with Gasteiger partial charge < -0.3 is 20.3 Å². The summed E-state index contributed by atoms with van der Waals surface area (Å²) in [5, 5.41) is 10.3. The largest absolute Gasteiger partial charge is 0.437 e. The van der Waals surface area contributed by atoms with Gasteiger partial charge in [0.2, 0.25) is 17.7 Å². The zero-order chi connectivity index (χ0) is 27.0. The first-order chi connectivity index (χ1) is 19.1. The second kappa shape index (κ2) is 12.8. The monoisotopic (exact) mass is 543 g/mol. The van der Waals surface area contributed by atoms with Gasteiger partial charge in [0, 0.05) is 56.7 Å². The molecule has 9 nitrogen and oxygen atoms in total. The normalized spacial score (nSPS) is 14.3. The highest BCUT2D eigenvalue weighted by Crippen LogP contribution is 2.33. The van der Waals surface area contributed by atoms with Gasteiger partial charge in [-0.3, -0.25) is 10.2 Å². The number of piperazine rings is 1. The van der Waals surface area contributed by atoms with E-state index in [0.29, 0.717) is 23.3 Å². The molecule has 3 N–H and O–H groups in total. The Morgan fingerprint density at radius 1 is 1.08 bits per heavy atom. The van der Waals surface area contributed by atoms with Gasteiger partial charge >= 0.3 is 0 Å². The number of thiophene rings is 1. The summed E-state index contributed by atoms with van der Waals surface area (Å²) in [6.07, 6.45) is 2.24. The number of hydrogen-bond donors (Lipinski definition) is 3. The van der Waals surface area contributed by atoms with Gasteiger partial charge in [0.25, 0.3) is 0 Å². The van der Waals surface area contributed by atoms with Crippen LogP contribution in [0.5, 0.6) is 11.6 Å². The Morgan fingerprint density at radius 2 is 1.90 bits per heavy atom. The van der Waals surface area contributed by atoms with Crippen molar-refractivity contribution in [3.05, 3.63) is 78.2 Å². The summed E-state index contributed by atoms with van der Waals surface area (Å²) < 4.78 is 6.99. The Balaban J connectivity index is 1.22. The number of hydrazine groups is 1. The van der Waals surface area contributed by atoms with Crippen molar-refractivity contribution in [1.29, 1.82) is 0 Å². The molecule has 39 heavy (non-hydrogen) atoms. The molecule has 1 fully saturated rings. The molecular formula is C29H33N7O2S. The third-order valence-electron chi connectivity index (χ3n) is 6.45. The van der Waals surface area contributed by atoms with Crippen LogP contribution in [0.4, 0.5) is 17.3 Å². The van der Waals surface area contributed by atoms with Crippen LogP contribution >= 0.6 is 11.3 Å². The average Bonchev–Trinajstić information content (AvgIpc) is 3.43. The minimum Gasteiger partial charge on any atom is -0.437 e. The SMILES string of the molecule is C=CC(=O)Nc1cccc(Oc2nc(Nc3ccc(CCN4CCN(NCC)CC4)cc3)nc3ccsc23)c1. The van der Waals surface area contributed by atoms with Crippen molar-refractivity contribution in [3.63, 3.8) is 0 Å². The summed E-state index contributed by atoms with van der Waals surface area (Å²) in [5.74, 6) is 1.19. The van der Waals surface area contributed by atoms with Gasteiger partial charge in [-0.25, -0.2) is 9.99 Å². The van der Waals surface area contributed by atoms with E-state index in [4.69, 9.17) is 4.74 Å². The van der Waals surface area contributed by atoms with Crippen molar-refractivity contribution in [1.82, 2.24) is 25.3 Å². The Kier molecular flexibility index (Phi) is 8.79. The highest BCUT2D eigenvalue weighted by atomic mass is 32.1. The number of aromatic nitrogens is 2. The van der Waals surface area contributed by atoms with E-state index >= 15 is 0 Å². The van der Waals surface area contributed by atoms with Crippen LogP contribution in [0.25, 0.3) is 10.2 Å². The Bertz CT molecular complexity index is 1410. The highest BCUT2D eigenvalue weighted by Gasteiger charge is 2.16. The van der Waals surface area contributed by atoms with Crippen molar-refractivity contribution >= 4 is 44.8 Å². The van der Waals surface area contributed by atoms with Crippen LogP contribution in [0.1, 0.15) is 12.5 Å². The predicted octanol–water partition coefficient (Wildman–Crippen LogP) is 5.04. The zero-order valence-corrected chi connectivity index (χ0v) is 22.8. The van der Waals surface area contributed by atoms with Crippen LogP contribution in [-0.4, -0.2) is 65.1 Å². The van der Waals surface area contributed by atoms with Crippen LogP contribution in [0, 0.1) is 0 Å². The minimum atomic E-state index is -0.282. The van der Waals surface area contributed by atoms with Gasteiger partial charge in [0.05, 0.1) is 5.52 Å². The first-order valence-corrected chi connectivity index (χ1v) is 14.0. The maximum atomic E-state index is 11.7. The molecule has 1 saturated heterocycles. The summed E-state index contributed by atoms with van der Waals surface area (Å²) >= 11 is 1.52. The van der Waals surface area contributed by atoms with Gasteiger partial charge in [-0.05, 0) is 53.8 Å². The van der Waals surface area contributed by atoms with E-state index in [1.165, 1.54) is 23.0 Å². The predicted molar refractivity (Wildman–Crippen MR) is 158 cm³/mol. The first kappa shape index (κ1) is 26.8. The van der Waals surface area contributed by atoms with Crippen molar-refractivity contribution in [3.8, 4) is 11.6 Å². The van der Waals surface area contributed by atoms with Crippen LogP contribution in [0.15, 0.2) is 72.6 Å². The van der Waals surface area contributed by atoms with Crippen molar-refractivity contribution in [2.45, 2.75) is 13.3 Å². The molecule has 0 atom stereocenters. The molecule has 2 aromatic carbocycles. The lowest BCUT2D eigenvalue weighted by atomic mass is 10.1. The van der Waals surface area contributed by atoms with Gasteiger partial charge in [-0.15, -0.1) is 11.3 Å². The number of ether oxygens (including phenoxy) is 1. The van der Waals surface area contributed by atoms with Gasteiger partial charge in [0.15, 0.2) is 0 Å². The smallest absolute Gasteiger partial charge is 0.247 e. The summed E-state index contributed by atoms with van der Waals surface area (Å²) in [6.45, 7) is 12.0. The van der Waals surface area contributed by atoms with E-state index in [9.17, 15) is 4.79 Å². The first-order valence-electron chi connectivity index (χ1n) is 13.1. The lowest BCUT2D eigenvalue weighted by Crippen LogP contribution is -2.52. The lowest BCUT2D eigenvalue weighted by molar-refractivity contribution is -0.111. The number of hydrogen-bond acceptors (Lipinski definition) is 9. The van der Waals surface area contributed by atoms with E-state index in [1.54, 1.807) is 12.1 Å². The van der Waals surface area contributed by atoms with Crippen molar-refractivity contribution < 1.29 is 9.53 Å². The van der Waals surface area contributed by atoms with Gasteiger partial charge in [-0.1, -0.05) is 31.7 Å². The second-order valence-electron chi connectivity index (χ2n) is 9.22. The molecule has 1 aliphatic rings. The zero-order valence-electron chi connectivity index (χ0n) is 22.0. The van der Waals surface area contributed by atoms with E-state index in [-0.39, 0.29) is 5.91 Å². The fourth-order valence-corrected chi connectivity index (χ4v) is 5.18. The van der Waals surface area contributed by atoms with Crippen LogP contribution in [0.3, 0.4) is 0 Å². The maximum absolute atomic E-state index is 11.7. The molecule has 0 radical (unpaired) electrons. The van der Waals surface area contributed by atoms with Crippen molar-refractivity contribution in [2.75, 3.05) is 49.9 Å². The van der Waals surface area contributed by atoms with E-state index < -0.39 is 0 Å². The molecule has 0 aliphatic carbocycles. The Labute approximate surface area is 232 Å². The van der Waals surface area contributed by atoms with Crippen molar-refractivity contribution in [2.24, 2.45) is 0 Å². The van der Waals surface area contributed by atoms with Crippen LogP contribution in [0.2, 0.25) is 0 Å². The topological polar surface area (TPSA) is 94.6 Å². The number of amides is 1. The molecule has 10 heteroatoms. The van der Waals surface area contributed by atoms with Gasteiger partial charge in [-0.2, -0.15) is 4.98 Å². The molecule has 0 spiro atoms. The lowest BCUT2D eigenvalue weighted by Gasteiger charge is -2.34. The summed E-state index contributed by atoms with van der Waals surface area (Å²) in [7, 11) is 0. The number of nitrogens with zero attached hydrogens (tertiary/aromatic N) is 4. The molecule has 0 bridgehead atoms. The molecular weight excluding hydrogens is 510 g/mol. The molecule has 4 aromatic rings. The second-order valence-corrected chi connectivity index (χ2v) is 10.1. The molecule has 1 aliphatic heterocycles. The van der Waals surface area contributed by atoms with E-state index in [2.05, 4.69) is 73.7 Å². The quantitative estimate of drug-likeness (QED) is 0.227. The molecule has 2 aromatic heterocycles. The molecule has 202 valence electrons. The summed E-state index contributed by atoms with van der Waals surface area (Å²) in [4.78, 5) is 23.5. The molecule has 1 amide bonds. The summed E-state index contributed by atoms with van der Waals surface area (Å²) in [6, 6.07) is 17.5. The standard InChI is InChI=1S/C29H33N7O2S/c1-3-26(37)31-23-6-5-7-24(20-23)38-28-27-25(13-19-39-27)33-29(34-28)32-22-10-8-21(9-11-22)12-14-35-15-17-36(18-16-35)30-4-2/h3,5-11,13,19-20,30H,1,4,12,14-18H2,2H3,(H,31,37)(H,32,33,34). The van der Waals surface area contributed by atoms with E-state index in [0.717, 1.165) is 61.6 Å². The third-order valence-corrected chi connectivity index (χ3v) is 7.35. The highest BCUT2D eigenvalue weighted by molar-refractivity contribution is 7.17. The number of carbonyl (C=O) groups excluding carboxylic acids is 1. The van der Waals surface area contributed by atoms with Crippen LogP contribution < -0.4 is 20.8 Å². The Morgan fingerprint density at radius 3 is 2.67 bits per heavy atom.